The number of nitrogens with zero attached hydrogens (tertiary/aromatic N) is 1. The van der Waals surface area contributed by atoms with Crippen LogP contribution in [0.2, 0.25) is 5.02 Å². The lowest BCUT2D eigenvalue weighted by Gasteiger charge is -2.27. The summed E-state index contributed by atoms with van der Waals surface area (Å²) in [5, 5.41) is 3.31. The molecule has 0 aliphatic heterocycles. The fourth-order valence-electron chi connectivity index (χ4n) is 1.50. The van der Waals surface area contributed by atoms with Gasteiger partial charge in [-0.3, -0.25) is 9.69 Å². The van der Waals surface area contributed by atoms with Crippen molar-refractivity contribution < 1.29 is 4.79 Å². The number of nitrogen functional groups attached to an aromatic ring is 1. The first-order valence-electron chi connectivity index (χ1n) is 5.90. The third-order valence-electron chi connectivity index (χ3n) is 3.07. The Balaban J connectivity index is 2.72. The van der Waals surface area contributed by atoms with E-state index in [1.807, 2.05) is 32.7 Å². The molecule has 18 heavy (non-hydrogen) atoms. The van der Waals surface area contributed by atoms with Gasteiger partial charge in [0.25, 0.3) is 0 Å². The quantitative estimate of drug-likeness (QED) is 0.826. The maximum atomic E-state index is 12.0. The van der Waals surface area contributed by atoms with E-state index in [2.05, 4.69) is 5.32 Å². The second kappa shape index (κ2) is 6.07. The molecule has 1 amide bonds. The van der Waals surface area contributed by atoms with E-state index in [0.717, 1.165) is 0 Å². The zero-order valence-electron chi connectivity index (χ0n) is 11.2. The third kappa shape index (κ3) is 3.62. The van der Waals surface area contributed by atoms with Crippen LogP contribution in [0.15, 0.2) is 18.2 Å². The van der Waals surface area contributed by atoms with Crippen molar-refractivity contribution >= 4 is 28.9 Å². The van der Waals surface area contributed by atoms with Crippen molar-refractivity contribution in [2.75, 3.05) is 18.1 Å². The summed E-state index contributed by atoms with van der Waals surface area (Å²) >= 11 is 5.83. The molecule has 0 spiro atoms. The van der Waals surface area contributed by atoms with Crippen LogP contribution in [0.25, 0.3) is 0 Å². The van der Waals surface area contributed by atoms with Gasteiger partial charge in [0.05, 0.1) is 16.8 Å². The zero-order valence-corrected chi connectivity index (χ0v) is 12.0. The van der Waals surface area contributed by atoms with E-state index < -0.39 is 0 Å². The van der Waals surface area contributed by atoms with Crippen LogP contribution in [0.5, 0.6) is 0 Å². The van der Waals surface area contributed by atoms with Gasteiger partial charge in [0.2, 0.25) is 5.91 Å². The number of halogens is 1. The van der Waals surface area contributed by atoms with Gasteiger partial charge in [-0.2, -0.15) is 0 Å². The lowest BCUT2D eigenvalue weighted by atomic mass is 10.2. The maximum Gasteiger partial charge on any atom is 0.241 e. The Morgan fingerprint density at radius 1 is 1.39 bits per heavy atom. The zero-order chi connectivity index (χ0) is 13.9. The summed E-state index contributed by atoms with van der Waals surface area (Å²) in [7, 11) is 1.92. The molecule has 0 aromatic heterocycles. The minimum absolute atomic E-state index is 0.0621. The number of hydrogen-bond donors (Lipinski definition) is 2. The maximum absolute atomic E-state index is 12.0. The average Bonchev–Trinajstić information content (AvgIpc) is 2.31. The first-order valence-corrected chi connectivity index (χ1v) is 6.28. The number of carbonyl (C=O) groups is 1. The first-order chi connectivity index (χ1) is 8.32. The Hall–Kier alpha value is -1.26. The predicted molar refractivity (Wildman–Crippen MR) is 76.9 cm³/mol. The molecule has 0 radical (unpaired) electrons. The average molecular weight is 270 g/mol. The Morgan fingerprint density at radius 2 is 2.00 bits per heavy atom. The number of hydrogen-bond acceptors (Lipinski definition) is 3. The largest absolute Gasteiger partial charge is 0.397 e. The molecule has 5 heteroatoms. The van der Waals surface area contributed by atoms with E-state index >= 15 is 0 Å². The van der Waals surface area contributed by atoms with Crippen LogP contribution in [-0.2, 0) is 4.79 Å². The van der Waals surface area contributed by atoms with Gasteiger partial charge >= 0.3 is 0 Å². The van der Waals surface area contributed by atoms with Crippen molar-refractivity contribution in [3.05, 3.63) is 23.2 Å². The van der Waals surface area contributed by atoms with Gasteiger partial charge in [0, 0.05) is 11.7 Å². The number of nitrogens with one attached hydrogen (secondary N) is 1. The van der Waals surface area contributed by atoms with Crippen LogP contribution in [0.4, 0.5) is 11.4 Å². The molecule has 0 aliphatic carbocycles. The number of nitrogens with two attached hydrogens (primary N) is 1. The molecule has 100 valence electrons. The topological polar surface area (TPSA) is 58.4 Å². The van der Waals surface area contributed by atoms with Crippen LogP contribution in [0.1, 0.15) is 20.8 Å². The minimum atomic E-state index is -0.207. The van der Waals surface area contributed by atoms with Crippen molar-refractivity contribution in [3.63, 3.8) is 0 Å². The monoisotopic (exact) mass is 269 g/mol. The first kappa shape index (κ1) is 14.8. The minimum Gasteiger partial charge on any atom is -0.397 e. The molecule has 1 atom stereocenters. The molecular weight excluding hydrogens is 250 g/mol. The highest BCUT2D eigenvalue weighted by molar-refractivity contribution is 6.33. The lowest BCUT2D eigenvalue weighted by Crippen LogP contribution is -2.43. The number of carbonyl (C=O) groups excluding carboxylic acids is 1. The van der Waals surface area contributed by atoms with Gasteiger partial charge in [-0.15, -0.1) is 0 Å². The van der Waals surface area contributed by atoms with E-state index in [0.29, 0.717) is 22.4 Å². The molecule has 0 heterocycles. The van der Waals surface area contributed by atoms with Crippen molar-refractivity contribution in [3.8, 4) is 0 Å². The van der Waals surface area contributed by atoms with Gasteiger partial charge in [-0.05, 0) is 46.0 Å². The summed E-state index contributed by atoms with van der Waals surface area (Å²) < 4.78 is 0. The van der Waals surface area contributed by atoms with Gasteiger partial charge in [-0.1, -0.05) is 11.6 Å². The Morgan fingerprint density at radius 3 is 2.50 bits per heavy atom. The summed E-state index contributed by atoms with van der Waals surface area (Å²) in [5.41, 5.74) is 6.80. The van der Waals surface area contributed by atoms with Gasteiger partial charge in [-0.25, -0.2) is 0 Å². The molecule has 1 aromatic rings. The van der Waals surface area contributed by atoms with Gasteiger partial charge in [0.15, 0.2) is 0 Å². The molecule has 4 nitrogen and oxygen atoms in total. The van der Waals surface area contributed by atoms with E-state index in [1.165, 1.54) is 0 Å². The van der Waals surface area contributed by atoms with Crippen LogP contribution in [-0.4, -0.2) is 29.9 Å². The molecule has 1 unspecified atom stereocenters. The summed E-state index contributed by atoms with van der Waals surface area (Å²) in [6.45, 7) is 5.96. The van der Waals surface area contributed by atoms with E-state index in [-0.39, 0.29) is 11.9 Å². The molecule has 3 N–H and O–H groups in total. The highest BCUT2D eigenvalue weighted by Gasteiger charge is 2.20. The Kier molecular flexibility index (Phi) is 4.99. The SMILES string of the molecule is CC(C)N(C)C(C)C(=O)Nc1ccc(Cl)c(N)c1. The van der Waals surface area contributed by atoms with Crippen LogP contribution >= 0.6 is 11.6 Å². The molecule has 0 saturated heterocycles. The molecule has 0 fully saturated rings. The van der Waals surface area contributed by atoms with E-state index in [1.54, 1.807) is 18.2 Å². The molecule has 1 aromatic carbocycles. The van der Waals surface area contributed by atoms with Gasteiger partial charge < -0.3 is 11.1 Å². The molecule has 0 bridgehead atoms. The number of amides is 1. The molecule has 0 aliphatic rings. The summed E-state index contributed by atoms with van der Waals surface area (Å²) in [5.74, 6) is -0.0621. The van der Waals surface area contributed by atoms with Crippen LogP contribution in [0, 0.1) is 0 Å². The molecule has 1 rings (SSSR count). The summed E-state index contributed by atoms with van der Waals surface area (Å²) in [6, 6.07) is 5.16. The smallest absolute Gasteiger partial charge is 0.241 e. The number of benzene rings is 1. The molecule has 0 saturated carbocycles. The fraction of sp³-hybridized carbons (Fsp3) is 0.462. The lowest BCUT2D eigenvalue weighted by molar-refractivity contribution is -0.120. The number of rotatable bonds is 4. The van der Waals surface area contributed by atoms with E-state index in [4.69, 9.17) is 17.3 Å². The fourth-order valence-corrected chi connectivity index (χ4v) is 1.62. The van der Waals surface area contributed by atoms with Crippen LogP contribution in [0.3, 0.4) is 0 Å². The standard InChI is InChI=1S/C13H20ClN3O/c1-8(2)17(4)9(3)13(18)16-10-5-6-11(14)12(15)7-10/h5-9H,15H2,1-4H3,(H,16,18). The van der Waals surface area contributed by atoms with E-state index in [9.17, 15) is 4.79 Å². The van der Waals surface area contributed by atoms with Gasteiger partial charge in [0.1, 0.15) is 0 Å². The van der Waals surface area contributed by atoms with Crippen molar-refractivity contribution in [1.82, 2.24) is 4.90 Å². The van der Waals surface area contributed by atoms with Crippen molar-refractivity contribution in [2.24, 2.45) is 0 Å². The summed E-state index contributed by atoms with van der Waals surface area (Å²) in [6.07, 6.45) is 0. The van der Waals surface area contributed by atoms with Crippen molar-refractivity contribution in [2.45, 2.75) is 32.9 Å². The highest BCUT2D eigenvalue weighted by Crippen LogP contribution is 2.22. The number of likely N-dealkylation sites (N-methyl/N-ethyl adjacent to an activating group) is 1. The van der Waals surface area contributed by atoms with Crippen molar-refractivity contribution in [1.29, 1.82) is 0 Å². The second-order valence-electron chi connectivity index (χ2n) is 4.66. The predicted octanol–water partition coefficient (Wildman–Crippen LogP) is 2.59. The highest BCUT2D eigenvalue weighted by atomic mass is 35.5. The third-order valence-corrected chi connectivity index (χ3v) is 3.41. The van der Waals surface area contributed by atoms with Crippen LogP contribution < -0.4 is 11.1 Å². The summed E-state index contributed by atoms with van der Waals surface area (Å²) in [4.78, 5) is 14.0. The Labute approximate surface area is 113 Å². The molecular formula is C13H20ClN3O. The Bertz CT molecular complexity index is 434. The number of anilines is 2. The normalized spacial score (nSPS) is 12.8. The second-order valence-corrected chi connectivity index (χ2v) is 5.07.